The van der Waals surface area contributed by atoms with Gasteiger partial charge in [0.2, 0.25) is 5.91 Å². The molecule has 4 unspecified atom stereocenters. The number of likely N-dealkylation sites (N-methyl/N-ethyl adjacent to an activating group) is 1. The van der Waals surface area contributed by atoms with Crippen molar-refractivity contribution in [3.8, 4) is 0 Å². The van der Waals surface area contributed by atoms with E-state index in [1.165, 1.54) is 19.3 Å². The molecule has 3 heteroatoms. The summed E-state index contributed by atoms with van der Waals surface area (Å²) >= 11 is 0. The molecule has 1 heterocycles. The molecule has 0 radical (unpaired) electrons. The van der Waals surface area contributed by atoms with E-state index in [2.05, 4.69) is 30.8 Å². The van der Waals surface area contributed by atoms with Gasteiger partial charge in [-0.15, -0.1) is 0 Å². The van der Waals surface area contributed by atoms with Gasteiger partial charge >= 0.3 is 0 Å². The van der Waals surface area contributed by atoms with E-state index in [0.29, 0.717) is 23.8 Å². The van der Waals surface area contributed by atoms with Crippen LogP contribution < -0.4 is 0 Å². The Morgan fingerprint density at radius 1 is 1.12 bits per heavy atom. The van der Waals surface area contributed by atoms with Crippen molar-refractivity contribution in [3.63, 3.8) is 0 Å². The Balaban J connectivity index is 1.60. The molecule has 0 N–H and O–H groups in total. The van der Waals surface area contributed by atoms with Crippen LogP contribution in [0, 0.1) is 23.7 Å². The molecule has 2 saturated carbocycles. The third kappa shape index (κ3) is 1.99. The first-order chi connectivity index (χ1) is 8.06. The molecule has 0 aromatic rings. The van der Waals surface area contributed by atoms with Crippen molar-refractivity contribution >= 4 is 5.91 Å². The molecule has 17 heavy (non-hydrogen) atoms. The summed E-state index contributed by atoms with van der Waals surface area (Å²) in [7, 11) is 4.25. The molecule has 0 aromatic heterocycles. The highest BCUT2D eigenvalue weighted by Crippen LogP contribution is 2.54. The van der Waals surface area contributed by atoms with Crippen LogP contribution in [-0.2, 0) is 4.79 Å². The number of hydrogen-bond donors (Lipinski definition) is 0. The fourth-order valence-corrected chi connectivity index (χ4v) is 3.98. The largest absolute Gasteiger partial charge is 0.341 e. The average Bonchev–Trinajstić information content (AvgIpc) is 2.74. The summed E-state index contributed by atoms with van der Waals surface area (Å²) in [6.07, 6.45) is 3.77. The van der Waals surface area contributed by atoms with E-state index in [-0.39, 0.29) is 0 Å². The molecule has 3 nitrogen and oxygen atoms in total. The Labute approximate surface area is 104 Å². The van der Waals surface area contributed by atoms with E-state index in [1.807, 2.05) is 0 Å². The molecule has 0 spiro atoms. The van der Waals surface area contributed by atoms with Crippen LogP contribution in [0.1, 0.15) is 26.2 Å². The summed E-state index contributed by atoms with van der Waals surface area (Å²) in [5.41, 5.74) is 0. The first kappa shape index (κ1) is 11.5. The lowest BCUT2D eigenvalue weighted by Gasteiger charge is -2.23. The highest BCUT2D eigenvalue weighted by molar-refractivity contribution is 5.79. The van der Waals surface area contributed by atoms with Gasteiger partial charge in [0.1, 0.15) is 0 Å². The number of likely N-dealkylation sites (tertiary alicyclic amines) is 1. The monoisotopic (exact) mass is 236 g/mol. The number of fused-ring (bicyclic) bond motifs is 1. The van der Waals surface area contributed by atoms with Crippen LogP contribution in [0.3, 0.4) is 0 Å². The zero-order chi connectivity index (χ0) is 12.2. The maximum atomic E-state index is 12.4. The van der Waals surface area contributed by atoms with Gasteiger partial charge in [0.25, 0.3) is 0 Å². The van der Waals surface area contributed by atoms with Crippen molar-refractivity contribution in [2.75, 3.05) is 27.2 Å². The van der Waals surface area contributed by atoms with E-state index in [9.17, 15) is 4.79 Å². The van der Waals surface area contributed by atoms with Crippen LogP contribution in [0.2, 0.25) is 0 Å². The van der Waals surface area contributed by atoms with E-state index < -0.39 is 0 Å². The molecular formula is C14H24N2O. The van der Waals surface area contributed by atoms with Crippen LogP contribution >= 0.6 is 0 Å². The van der Waals surface area contributed by atoms with E-state index in [1.54, 1.807) is 0 Å². The molecule has 3 fully saturated rings. The molecule has 3 aliphatic rings. The Kier molecular flexibility index (Phi) is 2.69. The predicted octanol–water partition coefficient (Wildman–Crippen LogP) is 1.44. The highest BCUT2D eigenvalue weighted by Gasteiger charge is 2.49. The van der Waals surface area contributed by atoms with Gasteiger partial charge in [-0.05, 0) is 51.1 Å². The van der Waals surface area contributed by atoms with Gasteiger partial charge in [-0.1, -0.05) is 6.92 Å². The molecule has 2 aliphatic carbocycles. The third-order valence-corrected chi connectivity index (χ3v) is 5.14. The summed E-state index contributed by atoms with van der Waals surface area (Å²) < 4.78 is 0. The second-order valence-electron chi connectivity index (χ2n) is 6.68. The quantitative estimate of drug-likeness (QED) is 0.724. The first-order valence-corrected chi connectivity index (χ1v) is 7.01. The van der Waals surface area contributed by atoms with Crippen molar-refractivity contribution in [1.29, 1.82) is 0 Å². The number of amides is 1. The maximum Gasteiger partial charge on any atom is 0.225 e. The molecule has 3 rings (SSSR count). The van der Waals surface area contributed by atoms with Gasteiger partial charge in [0.05, 0.1) is 0 Å². The van der Waals surface area contributed by atoms with E-state index in [4.69, 9.17) is 0 Å². The molecular weight excluding hydrogens is 212 g/mol. The Morgan fingerprint density at radius 3 is 2.29 bits per heavy atom. The number of rotatable bonds is 2. The zero-order valence-corrected chi connectivity index (χ0v) is 11.2. The lowest BCUT2D eigenvalue weighted by Crippen LogP contribution is -2.37. The van der Waals surface area contributed by atoms with Crippen molar-refractivity contribution in [1.82, 2.24) is 9.80 Å². The minimum atomic E-state index is 0.367. The van der Waals surface area contributed by atoms with Crippen molar-refractivity contribution in [2.24, 2.45) is 23.7 Å². The lowest BCUT2D eigenvalue weighted by molar-refractivity contribution is -0.134. The average molecular weight is 236 g/mol. The summed E-state index contributed by atoms with van der Waals surface area (Å²) in [6, 6.07) is 0.551. The summed E-state index contributed by atoms with van der Waals surface area (Å²) in [5.74, 6) is 3.26. The van der Waals surface area contributed by atoms with Gasteiger partial charge in [-0.3, -0.25) is 4.79 Å². The number of carbonyl (C=O) groups is 1. The van der Waals surface area contributed by atoms with Gasteiger partial charge < -0.3 is 9.80 Å². The van der Waals surface area contributed by atoms with E-state index in [0.717, 1.165) is 24.9 Å². The van der Waals surface area contributed by atoms with Crippen LogP contribution in [0.4, 0.5) is 0 Å². The van der Waals surface area contributed by atoms with Gasteiger partial charge in [-0.2, -0.15) is 0 Å². The minimum Gasteiger partial charge on any atom is -0.341 e. The molecule has 1 aliphatic heterocycles. The van der Waals surface area contributed by atoms with Gasteiger partial charge in [0.15, 0.2) is 0 Å². The minimum absolute atomic E-state index is 0.367. The number of nitrogens with zero attached hydrogens (tertiary/aromatic N) is 2. The number of carbonyl (C=O) groups excluding carboxylic acids is 1. The van der Waals surface area contributed by atoms with Crippen LogP contribution in [-0.4, -0.2) is 48.9 Å². The van der Waals surface area contributed by atoms with Crippen LogP contribution in [0.15, 0.2) is 0 Å². The third-order valence-electron chi connectivity index (χ3n) is 5.14. The fraction of sp³-hybridized carbons (Fsp3) is 0.929. The Morgan fingerprint density at radius 2 is 1.76 bits per heavy atom. The van der Waals surface area contributed by atoms with Gasteiger partial charge in [0, 0.05) is 25.0 Å². The van der Waals surface area contributed by atoms with Crippen molar-refractivity contribution in [2.45, 2.75) is 32.2 Å². The molecule has 1 amide bonds. The Bertz CT molecular complexity index is 318. The summed E-state index contributed by atoms with van der Waals surface area (Å²) in [5, 5.41) is 0. The first-order valence-electron chi connectivity index (χ1n) is 7.01. The standard InChI is InChI=1S/C14H24N2O/c1-9-7-16(8-13(9)15(2)3)14(17)12-5-10-4-11(10)6-12/h9-13H,4-8H2,1-3H3. The van der Waals surface area contributed by atoms with E-state index >= 15 is 0 Å². The SMILES string of the molecule is CC1CN(C(=O)C2CC3CC3C2)CC1N(C)C. The fourth-order valence-electron chi connectivity index (χ4n) is 3.98. The molecule has 1 saturated heterocycles. The smallest absolute Gasteiger partial charge is 0.225 e. The van der Waals surface area contributed by atoms with Crippen molar-refractivity contribution < 1.29 is 4.79 Å². The van der Waals surface area contributed by atoms with Crippen LogP contribution in [0.25, 0.3) is 0 Å². The second-order valence-corrected chi connectivity index (χ2v) is 6.68. The Hall–Kier alpha value is -0.570. The predicted molar refractivity (Wildman–Crippen MR) is 67.5 cm³/mol. The summed E-state index contributed by atoms with van der Waals surface area (Å²) in [4.78, 5) is 16.8. The zero-order valence-electron chi connectivity index (χ0n) is 11.2. The molecule has 4 atom stereocenters. The molecule has 0 bridgehead atoms. The number of hydrogen-bond acceptors (Lipinski definition) is 2. The van der Waals surface area contributed by atoms with Gasteiger partial charge in [-0.25, -0.2) is 0 Å². The normalized spacial score (nSPS) is 44.2. The van der Waals surface area contributed by atoms with Crippen molar-refractivity contribution in [3.05, 3.63) is 0 Å². The second kappa shape index (κ2) is 3.98. The lowest BCUT2D eigenvalue weighted by atomic mass is 10.0. The molecule has 96 valence electrons. The maximum absolute atomic E-state index is 12.4. The molecule has 0 aromatic carbocycles. The van der Waals surface area contributed by atoms with Crippen LogP contribution in [0.5, 0.6) is 0 Å². The topological polar surface area (TPSA) is 23.6 Å². The summed E-state index contributed by atoms with van der Waals surface area (Å²) in [6.45, 7) is 4.18. The highest BCUT2D eigenvalue weighted by atomic mass is 16.2.